The molecular formula is C25H26Cl2FNO3. The number of hydrogen-bond acceptors (Lipinski definition) is 3. The highest BCUT2D eigenvalue weighted by Gasteiger charge is 2.54. The van der Waals surface area contributed by atoms with Crippen LogP contribution in [0.2, 0.25) is 10.0 Å². The molecule has 1 saturated carbocycles. The number of amides is 1. The highest BCUT2D eigenvalue weighted by Crippen LogP contribution is 2.50. The molecule has 2 aromatic carbocycles. The van der Waals surface area contributed by atoms with Crippen molar-refractivity contribution in [3.05, 3.63) is 82.1 Å². The number of benzene rings is 2. The number of halogens is 3. The van der Waals surface area contributed by atoms with E-state index in [1.54, 1.807) is 36.1 Å². The van der Waals surface area contributed by atoms with Crippen LogP contribution in [0.3, 0.4) is 0 Å². The lowest BCUT2D eigenvalue weighted by Crippen LogP contribution is -2.61. The van der Waals surface area contributed by atoms with Gasteiger partial charge in [-0.1, -0.05) is 47.5 Å². The molecule has 4 atom stereocenters. The molecule has 2 aliphatic rings. The van der Waals surface area contributed by atoms with Crippen LogP contribution in [0.1, 0.15) is 49.5 Å². The summed E-state index contributed by atoms with van der Waals surface area (Å²) in [4.78, 5) is 15.6. The Balaban J connectivity index is 1.91. The van der Waals surface area contributed by atoms with Gasteiger partial charge in [-0.15, -0.1) is 6.58 Å². The Morgan fingerprint density at radius 2 is 2.03 bits per heavy atom. The summed E-state index contributed by atoms with van der Waals surface area (Å²) in [5.74, 6) is -0.635. The summed E-state index contributed by atoms with van der Waals surface area (Å²) < 4.78 is 21.0. The zero-order valence-electron chi connectivity index (χ0n) is 17.8. The van der Waals surface area contributed by atoms with Gasteiger partial charge in [0, 0.05) is 11.4 Å². The van der Waals surface area contributed by atoms with Crippen molar-refractivity contribution < 1.29 is 19.0 Å². The third-order valence-corrected chi connectivity index (χ3v) is 6.91. The van der Waals surface area contributed by atoms with Gasteiger partial charge in [0.25, 0.3) is 5.91 Å². The standard InChI is InChI=1S/C25H26Cl2FNO3/c1-3-11-25(2)24(31)29(21(14-30)15-7-8-15)22(16-9-10-19(27)20(28)13-16)23(32-25)17-5-4-6-18(26)12-17/h3-6,9-10,12-13,15,21-23,30H,1,7-8,11,14H2,2H3/t21?,22?,23-,25+/m1/s1. The van der Waals surface area contributed by atoms with Crippen molar-refractivity contribution in [1.82, 2.24) is 4.90 Å². The van der Waals surface area contributed by atoms with E-state index in [9.17, 15) is 14.3 Å². The summed E-state index contributed by atoms with van der Waals surface area (Å²) in [6.07, 6.45) is 3.17. The van der Waals surface area contributed by atoms with Gasteiger partial charge in [-0.3, -0.25) is 4.79 Å². The van der Waals surface area contributed by atoms with Gasteiger partial charge in [-0.25, -0.2) is 4.39 Å². The van der Waals surface area contributed by atoms with Gasteiger partial charge < -0.3 is 14.7 Å². The molecule has 0 radical (unpaired) electrons. The Morgan fingerprint density at radius 1 is 1.28 bits per heavy atom. The fraction of sp³-hybridized carbons (Fsp3) is 0.400. The molecule has 0 aromatic heterocycles. The molecule has 32 heavy (non-hydrogen) atoms. The number of nitrogens with zero attached hydrogens (tertiary/aromatic N) is 1. The second kappa shape index (κ2) is 9.14. The topological polar surface area (TPSA) is 49.8 Å². The van der Waals surface area contributed by atoms with Crippen LogP contribution >= 0.6 is 23.2 Å². The van der Waals surface area contributed by atoms with Crippen LogP contribution in [0.4, 0.5) is 4.39 Å². The van der Waals surface area contributed by atoms with Crippen LogP contribution in [0.5, 0.6) is 0 Å². The van der Waals surface area contributed by atoms with Gasteiger partial charge in [-0.05, 0) is 61.1 Å². The van der Waals surface area contributed by atoms with E-state index in [-0.39, 0.29) is 23.5 Å². The fourth-order valence-electron chi connectivity index (χ4n) is 4.62. The molecular weight excluding hydrogens is 452 g/mol. The summed E-state index contributed by atoms with van der Waals surface area (Å²) in [6, 6.07) is 10.7. The summed E-state index contributed by atoms with van der Waals surface area (Å²) in [5, 5.41) is 10.8. The molecule has 1 heterocycles. The predicted molar refractivity (Wildman–Crippen MR) is 123 cm³/mol. The van der Waals surface area contributed by atoms with E-state index in [0.29, 0.717) is 17.0 Å². The minimum Gasteiger partial charge on any atom is -0.394 e. The number of rotatable bonds is 7. The number of carbonyl (C=O) groups excluding carboxylic acids is 1. The van der Waals surface area contributed by atoms with E-state index in [4.69, 9.17) is 27.9 Å². The SMILES string of the molecule is C=CC[C@]1(C)O[C@H](c2cccc(Cl)c2)C(c2ccc(Cl)c(F)c2)N(C(CO)C2CC2)C1=O. The lowest BCUT2D eigenvalue weighted by Gasteiger charge is -2.51. The van der Waals surface area contributed by atoms with E-state index in [2.05, 4.69) is 6.58 Å². The Kier molecular flexibility index (Phi) is 6.64. The molecule has 1 aliphatic carbocycles. The zero-order chi connectivity index (χ0) is 23.0. The largest absolute Gasteiger partial charge is 0.394 e. The van der Waals surface area contributed by atoms with Crippen molar-refractivity contribution in [2.75, 3.05) is 6.61 Å². The third kappa shape index (κ3) is 4.32. The summed E-state index contributed by atoms with van der Waals surface area (Å²) in [5.41, 5.74) is 0.126. The summed E-state index contributed by atoms with van der Waals surface area (Å²) in [6.45, 7) is 5.35. The van der Waals surface area contributed by atoms with Crippen LogP contribution in [0.25, 0.3) is 0 Å². The molecule has 0 bridgehead atoms. The Morgan fingerprint density at radius 3 is 2.62 bits per heavy atom. The molecule has 0 spiro atoms. The minimum atomic E-state index is -1.18. The summed E-state index contributed by atoms with van der Waals surface area (Å²) >= 11 is 12.2. The van der Waals surface area contributed by atoms with Crippen LogP contribution in [0, 0.1) is 11.7 Å². The monoisotopic (exact) mass is 477 g/mol. The highest BCUT2D eigenvalue weighted by molar-refractivity contribution is 6.31. The first-order chi connectivity index (χ1) is 15.3. The number of aliphatic hydroxyl groups is 1. The maximum absolute atomic E-state index is 14.5. The molecule has 2 unspecified atom stereocenters. The van der Waals surface area contributed by atoms with Crippen LogP contribution in [-0.2, 0) is 9.53 Å². The fourth-order valence-corrected chi connectivity index (χ4v) is 4.94. The van der Waals surface area contributed by atoms with Crippen molar-refractivity contribution in [3.8, 4) is 0 Å². The Bertz CT molecular complexity index is 1030. The Hall–Kier alpha value is -1.92. The minimum absolute atomic E-state index is 0.0000525. The average Bonchev–Trinajstić information content (AvgIpc) is 3.59. The predicted octanol–water partition coefficient (Wildman–Crippen LogP) is 5.88. The molecule has 7 heteroatoms. The molecule has 1 aliphatic heterocycles. The second-order valence-corrected chi connectivity index (χ2v) is 9.58. The first kappa shape index (κ1) is 23.2. The average molecular weight is 478 g/mol. The van der Waals surface area contributed by atoms with Crippen molar-refractivity contribution >= 4 is 29.1 Å². The zero-order valence-corrected chi connectivity index (χ0v) is 19.3. The van der Waals surface area contributed by atoms with Crippen molar-refractivity contribution in [2.24, 2.45) is 5.92 Å². The lowest BCUT2D eigenvalue weighted by atomic mass is 9.85. The number of ether oxygens (including phenoxy) is 1. The first-order valence-electron chi connectivity index (χ1n) is 10.7. The molecule has 170 valence electrons. The first-order valence-corrected chi connectivity index (χ1v) is 11.5. The van der Waals surface area contributed by atoms with E-state index in [1.807, 2.05) is 12.1 Å². The van der Waals surface area contributed by atoms with Crippen molar-refractivity contribution in [2.45, 2.75) is 50.0 Å². The Labute approximate surface area is 197 Å². The van der Waals surface area contributed by atoms with Gasteiger partial charge in [-0.2, -0.15) is 0 Å². The normalized spacial score (nSPS) is 26.8. The third-order valence-electron chi connectivity index (χ3n) is 6.37. The lowest BCUT2D eigenvalue weighted by molar-refractivity contribution is -0.204. The molecule has 1 N–H and O–H groups in total. The van der Waals surface area contributed by atoms with Crippen LogP contribution in [-0.4, -0.2) is 34.2 Å². The van der Waals surface area contributed by atoms with E-state index in [1.165, 1.54) is 12.1 Å². The van der Waals surface area contributed by atoms with Gasteiger partial charge in [0.2, 0.25) is 0 Å². The van der Waals surface area contributed by atoms with Crippen LogP contribution in [0.15, 0.2) is 55.1 Å². The van der Waals surface area contributed by atoms with Crippen molar-refractivity contribution in [1.29, 1.82) is 0 Å². The van der Waals surface area contributed by atoms with Gasteiger partial charge in [0.05, 0.1) is 23.7 Å². The van der Waals surface area contributed by atoms with Gasteiger partial charge in [0.1, 0.15) is 17.5 Å². The van der Waals surface area contributed by atoms with Crippen molar-refractivity contribution in [3.63, 3.8) is 0 Å². The van der Waals surface area contributed by atoms with E-state index < -0.39 is 29.6 Å². The highest BCUT2D eigenvalue weighted by atomic mass is 35.5. The molecule has 1 amide bonds. The molecule has 2 aromatic rings. The number of aliphatic hydroxyl groups excluding tert-OH is 1. The summed E-state index contributed by atoms with van der Waals surface area (Å²) in [7, 11) is 0. The van der Waals surface area contributed by atoms with E-state index in [0.717, 1.165) is 18.4 Å². The quantitative estimate of drug-likeness (QED) is 0.506. The molecule has 2 fully saturated rings. The molecule has 1 saturated heterocycles. The smallest absolute Gasteiger partial charge is 0.255 e. The van der Waals surface area contributed by atoms with Crippen LogP contribution < -0.4 is 0 Å². The maximum atomic E-state index is 14.5. The number of hydrogen-bond donors (Lipinski definition) is 1. The van der Waals surface area contributed by atoms with E-state index >= 15 is 0 Å². The van der Waals surface area contributed by atoms with Gasteiger partial charge in [0.15, 0.2) is 0 Å². The second-order valence-electron chi connectivity index (χ2n) is 8.74. The molecule has 4 rings (SSSR count). The number of morpholine rings is 1. The number of carbonyl (C=O) groups is 1. The maximum Gasteiger partial charge on any atom is 0.255 e. The molecule has 4 nitrogen and oxygen atoms in total. The van der Waals surface area contributed by atoms with Gasteiger partial charge >= 0.3 is 0 Å².